The summed E-state index contributed by atoms with van der Waals surface area (Å²) in [5.74, 6) is 2.21. The van der Waals surface area contributed by atoms with Gasteiger partial charge in [0.2, 0.25) is 0 Å². The lowest BCUT2D eigenvalue weighted by Gasteiger charge is -2.06. The van der Waals surface area contributed by atoms with Crippen molar-refractivity contribution in [2.24, 2.45) is 0 Å². The smallest absolute Gasteiger partial charge is 0.0544 e. The molecule has 24 heavy (non-hydrogen) atoms. The highest BCUT2D eigenvalue weighted by Gasteiger charge is 1.97. The first-order chi connectivity index (χ1) is 11.7. The minimum atomic E-state index is 0.845. The van der Waals surface area contributed by atoms with Crippen molar-refractivity contribution >= 4 is 21.6 Å². The van der Waals surface area contributed by atoms with Gasteiger partial charge < -0.3 is 10.6 Å². The van der Waals surface area contributed by atoms with Gasteiger partial charge in [0.05, 0.1) is 11.4 Å². The molecule has 130 valence electrons. The van der Waals surface area contributed by atoms with E-state index in [1.54, 1.807) is 0 Å². The molecule has 0 bridgehead atoms. The van der Waals surface area contributed by atoms with E-state index in [-0.39, 0.29) is 0 Å². The van der Waals surface area contributed by atoms with Crippen molar-refractivity contribution in [1.29, 1.82) is 0 Å². The number of aromatic nitrogens is 2. The molecule has 0 aliphatic heterocycles. The van der Waals surface area contributed by atoms with Gasteiger partial charge >= 0.3 is 0 Å². The molecule has 0 amide bonds. The van der Waals surface area contributed by atoms with Crippen LogP contribution in [0.25, 0.3) is 0 Å². The Balaban J connectivity index is 1.42. The van der Waals surface area contributed by atoms with Gasteiger partial charge in [-0.2, -0.15) is 0 Å². The van der Waals surface area contributed by atoms with Crippen molar-refractivity contribution < 1.29 is 0 Å². The van der Waals surface area contributed by atoms with Gasteiger partial charge in [0.15, 0.2) is 0 Å². The summed E-state index contributed by atoms with van der Waals surface area (Å²) in [6, 6.07) is 12.3. The van der Waals surface area contributed by atoms with Gasteiger partial charge in [0, 0.05) is 49.1 Å². The summed E-state index contributed by atoms with van der Waals surface area (Å²) in [7, 11) is 3.84. The molecule has 2 heterocycles. The third kappa shape index (κ3) is 8.15. The predicted molar refractivity (Wildman–Crippen MR) is 106 cm³/mol. The zero-order chi connectivity index (χ0) is 17.0. The first-order valence-electron chi connectivity index (χ1n) is 8.25. The molecule has 2 rings (SSSR count). The van der Waals surface area contributed by atoms with E-state index in [0.717, 1.165) is 60.5 Å². The molecule has 4 nitrogen and oxygen atoms in total. The van der Waals surface area contributed by atoms with Crippen LogP contribution >= 0.6 is 21.6 Å². The maximum Gasteiger partial charge on any atom is 0.0544 e. The van der Waals surface area contributed by atoms with Crippen LogP contribution in [0.2, 0.25) is 0 Å². The van der Waals surface area contributed by atoms with Crippen molar-refractivity contribution in [2.45, 2.75) is 26.9 Å². The second-order valence-corrected chi connectivity index (χ2v) is 8.24. The van der Waals surface area contributed by atoms with Crippen molar-refractivity contribution in [3.05, 3.63) is 59.2 Å². The molecule has 0 spiro atoms. The lowest BCUT2D eigenvalue weighted by atomic mass is 10.3. The van der Waals surface area contributed by atoms with Crippen LogP contribution in [0.15, 0.2) is 36.4 Å². The predicted octanol–water partition coefficient (Wildman–Crippen LogP) is 3.35. The van der Waals surface area contributed by atoms with Crippen LogP contribution in [0.3, 0.4) is 0 Å². The highest BCUT2D eigenvalue weighted by Crippen LogP contribution is 2.19. The molecule has 0 radical (unpaired) electrons. The number of hydrogen-bond donors (Lipinski definition) is 2. The topological polar surface area (TPSA) is 49.8 Å². The zero-order valence-corrected chi connectivity index (χ0v) is 16.1. The van der Waals surface area contributed by atoms with E-state index in [1.807, 2.05) is 47.6 Å². The van der Waals surface area contributed by atoms with Crippen LogP contribution in [0, 0.1) is 13.8 Å². The minimum absolute atomic E-state index is 0.845. The number of nitrogens with zero attached hydrogens (tertiary/aromatic N) is 2. The fourth-order valence-electron chi connectivity index (χ4n) is 2.17. The van der Waals surface area contributed by atoms with E-state index >= 15 is 0 Å². The normalized spacial score (nSPS) is 10.9. The Labute approximate surface area is 153 Å². The lowest BCUT2D eigenvalue weighted by Crippen LogP contribution is -2.18. The number of pyridine rings is 2. The van der Waals surface area contributed by atoms with Gasteiger partial charge in [-0.15, -0.1) is 0 Å². The molecule has 0 aliphatic carbocycles. The highest BCUT2D eigenvalue weighted by molar-refractivity contribution is 8.76. The van der Waals surface area contributed by atoms with Crippen LogP contribution in [-0.2, 0) is 13.1 Å². The van der Waals surface area contributed by atoms with Crippen molar-refractivity contribution in [3.63, 3.8) is 0 Å². The van der Waals surface area contributed by atoms with E-state index in [2.05, 4.69) is 44.9 Å². The Morgan fingerprint density at radius 1 is 0.750 bits per heavy atom. The molecule has 0 aliphatic rings. The highest BCUT2D eigenvalue weighted by atomic mass is 33.1. The summed E-state index contributed by atoms with van der Waals surface area (Å²) in [6.45, 7) is 7.76. The van der Waals surface area contributed by atoms with E-state index in [4.69, 9.17) is 0 Å². The largest absolute Gasteiger partial charge is 0.310 e. The second-order valence-electron chi connectivity index (χ2n) is 5.54. The molecule has 0 saturated heterocycles. The maximum absolute atomic E-state index is 4.48. The Hall–Kier alpha value is -1.08. The minimum Gasteiger partial charge on any atom is -0.310 e. The summed E-state index contributed by atoms with van der Waals surface area (Å²) in [6.07, 6.45) is 0. The number of hydrogen-bond acceptors (Lipinski definition) is 6. The molecule has 0 aromatic carbocycles. The van der Waals surface area contributed by atoms with Gasteiger partial charge in [-0.25, -0.2) is 0 Å². The number of nitrogens with one attached hydrogen (secondary N) is 2. The molecular weight excluding hydrogens is 336 g/mol. The quantitative estimate of drug-likeness (QED) is 0.472. The second kappa shape index (κ2) is 11.5. The lowest BCUT2D eigenvalue weighted by molar-refractivity contribution is 0.713. The Kier molecular flexibility index (Phi) is 9.20. The molecule has 0 atom stereocenters. The molecule has 0 saturated carbocycles. The Bertz CT molecular complexity index is 554. The molecule has 2 aromatic rings. The van der Waals surface area contributed by atoms with Crippen LogP contribution < -0.4 is 10.6 Å². The van der Waals surface area contributed by atoms with E-state index in [9.17, 15) is 0 Å². The summed E-state index contributed by atoms with van der Waals surface area (Å²) in [5.41, 5.74) is 4.38. The van der Waals surface area contributed by atoms with Crippen molar-refractivity contribution in [3.8, 4) is 0 Å². The molecule has 0 unspecified atom stereocenters. The van der Waals surface area contributed by atoms with Gasteiger partial charge in [0.25, 0.3) is 0 Å². The summed E-state index contributed by atoms with van der Waals surface area (Å²) in [5, 5.41) is 6.87. The van der Waals surface area contributed by atoms with E-state index in [0.29, 0.717) is 0 Å². The maximum atomic E-state index is 4.48. The SMILES string of the molecule is Cc1cccc(CNCCSSCCNCc2cccc(C)n2)n1. The third-order valence-electron chi connectivity index (χ3n) is 3.31. The molecule has 2 aromatic heterocycles. The van der Waals surface area contributed by atoms with Crippen LogP contribution in [0.5, 0.6) is 0 Å². The number of aryl methyl sites for hydroxylation is 2. The fourth-order valence-corrected chi connectivity index (χ4v) is 4.07. The van der Waals surface area contributed by atoms with Crippen LogP contribution in [0.4, 0.5) is 0 Å². The van der Waals surface area contributed by atoms with Gasteiger partial charge in [-0.05, 0) is 38.1 Å². The molecule has 2 N–H and O–H groups in total. The molecule has 6 heteroatoms. The first kappa shape index (κ1) is 19.2. The van der Waals surface area contributed by atoms with Gasteiger partial charge in [-0.1, -0.05) is 33.7 Å². The Morgan fingerprint density at radius 2 is 1.21 bits per heavy atom. The zero-order valence-electron chi connectivity index (χ0n) is 14.4. The molecular formula is C18H26N4S2. The summed E-state index contributed by atoms with van der Waals surface area (Å²) < 4.78 is 0. The number of rotatable bonds is 11. The van der Waals surface area contributed by atoms with Crippen LogP contribution in [-0.4, -0.2) is 34.6 Å². The van der Waals surface area contributed by atoms with Crippen molar-refractivity contribution in [1.82, 2.24) is 20.6 Å². The van der Waals surface area contributed by atoms with E-state index < -0.39 is 0 Å². The van der Waals surface area contributed by atoms with Crippen molar-refractivity contribution in [2.75, 3.05) is 24.6 Å². The monoisotopic (exact) mass is 362 g/mol. The first-order valence-corrected chi connectivity index (χ1v) is 10.7. The Morgan fingerprint density at radius 3 is 1.62 bits per heavy atom. The average molecular weight is 363 g/mol. The van der Waals surface area contributed by atoms with E-state index in [1.165, 1.54) is 0 Å². The van der Waals surface area contributed by atoms with Crippen LogP contribution in [0.1, 0.15) is 22.8 Å². The molecule has 0 fully saturated rings. The van der Waals surface area contributed by atoms with Gasteiger partial charge in [0.1, 0.15) is 0 Å². The van der Waals surface area contributed by atoms with Gasteiger partial charge in [-0.3, -0.25) is 9.97 Å². The summed E-state index contributed by atoms with van der Waals surface area (Å²) >= 11 is 0. The summed E-state index contributed by atoms with van der Waals surface area (Å²) in [4.78, 5) is 8.97. The standard InChI is InChI=1S/C18H26N4S2/c1-15-5-3-7-17(21-15)13-19-9-11-23-24-12-10-20-14-18-8-4-6-16(2)22-18/h3-8,19-20H,9-14H2,1-2H3. The fraction of sp³-hybridized carbons (Fsp3) is 0.444. The average Bonchev–Trinajstić information content (AvgIpc) is 2.57. The third-order valence-corrected chi connectivity index (χ3v) is 5.72.